The second-order valence-corrected chi connectivity index (χ2v) is 3.13. The van der Waals surface area contributed by atoms with Crippen molar-refractivity contribution in [3.05, 3.63) is 24.0 Å². The summed E-state index contributed by atoms with van der Waals surface area (Å²) in [6.45, 7) is 2.12. The third kappa shape index (κ3) is 1.49. The normalized spacial score (nSPS) is 10.8. The zero-order valence-electron chi connectivity index (χ0n) is 7.54. The summed E-state index contributed by atoms with van der Waals surface area (Å²) in [6.07, 6.45) is 2.03. The molecule has 0 aliphatic heterocycles. The van der Waals surface area contributed by atoms with Crippen molar-refractivity contribution in [2.24, 2.45) is 0 Å². The predicted molar refractivity (Wildman–Crippen MR) is 51.8 cm³/mol. The van der Waals surface area contributed by atoms with Gasteiger partial charge in [-0.05, 0) is 18.6 Å². The lowest BCUT2D eigenvalue weighted by atomic mass is 10.3. The van der Waals surface area contributed by atoms with Gasteiger partial charge in [-0.2, -0.15) is 0 Å². The average molecular weight is 176 g/mol. The summed E-state index contributed by atoms with van der Waals surface area (Å²) < 4.78 is 0. The smallest absolute Gasteiger partial charge is 0.117 e. The number of phenols is 1. The van der Waals surface area contributed by atoms with Gasteiger partial charge < -0.3 is 10.1 Å². The van der Waals surface area contributed by atoms with Crippen LogP contribution in [-0.2, 0) is 6.42 Å². The predicted octanol–water partition coefficient (Wildman–Crippen LogP) is 2.22. The molecule has 1 aromatic carbocycles. The largest absolute Gasteiger partial charge is 0.508 e. The lowest BCUT2D eigenvalue weighted by Crippen LogP contribution is -1.83. The number of rotatable bonds is 2. The minimum Gasteiger partial charge on any atom is -0.508 e. The number of aromatic nitrogens is 2. The van der Waals surface area contributed by atoms with E-state index in [2.05, 4.69) is 16.9 Å². The van der Waals surface area contributed by atoms with Crippen molar-refractivity contribution in [1.82, 2.24) is 9.97 Å². The Labute approximate surface area is 76.4 Å². The van der Waals surface area contributed by atoms with Crippen LogP contribution in [-0.4, -0.2) is 15.1 Å². The van der Waals surface area contributed by atoms with Gasteiger partial charge in [0.1, 0.15) is 11.6 Å². The van der Waals surface area contributed by atoms with Crippen molar-refractivity contribution in [1.29, 1.82) is 0 Å². The highest BCUT2D eigenvalue weighted by Gasteiger charge is 2.01. The van der Waals surface area contributed by atoms with E-state index in [-0.39, 0.29) is 5.75 Å². The highest BCUT2D eigenvalue weighted by molar-refractivity contribution is 5.76. The van der Waals surface area contributed by atoms with Crippen LogP contribution in [0.1, 0.15) is 19.2 Å². The number of fused-ring (bicyclic) bond motifs is 1. The molecule has 0 radical (unpaired) electrons. The van der Waals surface area contributed by atoms with Crippen LogP contribution in [0, 0.1) is 0 Å². The maximum Gasteiger partial charge on any atom is 0.117 e. The molecule has 68 valence electrons. The molecule has 13 heavy (non-hydrogen) atoms. The fourth-order valence-corrected chi connectivity index (χ4v) is 1.41. The van der Waals surface area contributed by atoms with E-state index in [0.29, 0.717) is 0 Å². The van der Waals surface area contributed by atoms with Gasteiger partial charge in [-0.15, -0.1) is 0 Å². The molecular formula is C10H12N2O. The van der Waals surface area contributed by atoms with Crippen LogP contribution in [0.4, 0.5) is 0 Å². The van der Waals surface area contributed by atoms with Crippen molar-refractivity contribution in [3.63, 3.8) is 0 Å². The molecule has 0 unspecified atom stereocenters. The molecular weight excluding hydrogens is 164 g/mol. The molecule has 2 rings (SSSR count). The molecule has 2 aromatic rings. The van der Waals surface area contributed by atoms with E-state index < -0.39 is 0 Å². The lowest BCUT2D eigenvalue weighted by molar-refractivity contribution is 0.476. The zero-order valence-corrected chi connectivity index (χ0v) is 7.54. The first kappa shape index (κ1) is 8.10. The van der Waals surface area contributed by atoms with Crippen LogP contribution in [0.5, 0.6) is 5.75 Å². The van der Waals surface area contributed by atoms with Crippen molar-refractivity contribution >= 4 is 11.0 Å². The molecule has 0 spiro atoms. The molecule has 1 aromatic heterocycles. The SMILES string of the molecule is CCCc1nc2ccc(O)cc2[nH]1. The second-order valence-electron chi connectivity index (χ2n) is 3.13. The highest BCUT2D eigenvalue weighted by atomic mass is 16.3. The number of aromatic amines is 1. The quantitative estimate of drug-likeness (QED) is 0.737. The average Bonchev–Trinajstić information content (AvgIpc) is 2.46. The maximum atomic E-state index is 9.22. The molecule has 1 heterocycles. The topological polar surface area (TPSA) is 48.9 Å². The number of aromatic hydroxyl groups is 1. The van der Waals surface area contributed by atoms with E-state index in [1.54, 1.807) is 12.1 Å². The monoisotopic (exact) mass is 176 g/mol. The number of hydrogen-bond acceptors (Lipinski definition) is 2. The standard InChI is InChI=1S/C10H12N2O/c1-2-3-10-11-8-5-4-7(13)6-9(8)12-10/h4-6,13H,2-3H2,1H3,(H,11,12). The second kappa shape index (κ2) is 3.09. The number of imidazole rings is 1. The Morgan fingerprint density at radius 2 is 2.31 bits per heavy atom. The van der Waals surface area contributed by atoms with Gasteiger partial charge in [0.2, 0.25) is 0 Å². The fraction of sp³-hybridized carbons (Fsp3) is 0.300. The Morgan fingerprint density at radius 3 is 3.08 bits per heavy atom. The van der Waals surface area contributed by atoms with Gasteiger partial charge in [0.15, 0.2) is 0 Å². The Bertz CT molecular complexity index is 420. The number of nitrogens with zero attached hydrogens (tertiary/aromatic N) is 1. The molecule has 0 aliphatic carbocycles. The van der Waals surface area contributed by atoms with Gasteiger partial charge in [0, 0.05) is 12.5 Å². The van der Waals surface area contributed by atoms with Crippen molar-refractivity contribution in [3.8, 4) is 5.75 Å². The molecule has 3 heteroatoms. The Morgan fingerprint density at radius 1 is 1.46 bits per heavy atom. The molecule has 0 fully saturated rings. The number of aryl methyl sites for hydroxylation is 1. The summed E-state index contributed by atoms with van der Waals surface area (Å²) in [6, 6.07) is 5.17. The van der Waals surface area contributed by atoms with Gasteiger partial charge in [0.25, 0.3) is 0 Å². The van der Waals surface area contributed by atoms with Gasteiger partial charge in [-0.1, -0.05) is 6.92 Å². The van der Waals surface area contributed by atoms with E-state index in [1.165, 1.54) is 0 Å². The molecule has 2 N–H and O–H groups in total. The van der Waals surface area contributed by atoms with Crippen molar-refractivity contribution < 1.29 is 5.11 Å². The number of H-pyrrole nitrogens is 1. The number of nitrogens with one attached hydrogen (secondary N) is 1. The third-order valence-corrected chi connectivity index (χ3v) is 2.00. The van der Waals surface area contributed by atoms with Crippen LogP contribution in [0.2, 0.25) is 0 Å². The summed E-state index contributed by atoms with van der Waals surface area (Å²) in [4.78, 5) is 7.54. The first-order valence-electron chi connectivity index (χ1n) is 4.47. The number of hydrogen-bond donors (Lipinski definition) is 2. The van der Waals surface area contributed by atoms with Crippen LogP contribution in [0.3, 0.4) is 0 Å². The molecule has 0 bridgehead atoms. The Hall–Kier alpha value is -1.51. The molecule has 0 amide bonds. The Kier molecular flexibility index (Phi) is 1.93. The summed E-state index contributed by atoms with van der Waals surface area (Å²) in [7, 11) is 0. The van der Waals surface area contributed by atoms with Crippen LogP contribution >= 0.6 is 0 Å². The summed E-state index contributed by atoms with van der Waals surface area (Å²) >= 11 is 0. The fourth-order valence-electron chi connectivity index (χ4n) is 1.41. The van der Waals surface area contributed by atoms with E-state index in [4.69, 9.17) is 0 Å². The van der Waals surface area contributed by atoms with E-state index in [0.717, 1.165) is 29.7 Å². The molecule has 0 saturated carbocycles. The molecule has 0 atom stereocenters. The highest BCUT2D eigenvalue weighted by Crippen LogP contribution is 2.17. The number of benzene rings is 1. The minimum atomic E-state index is 0.277. The van der Waals surface area contributed by atoms with Crippen LogP contribution < -0.4 is 0 Å². The van der Waals surface area contributed by atoms with Gasteiger partial charge in [-0.3, -0.25) is 0 Å². The first-order valence-corrected chi connectivity index (χ1v) is 4.47. The van der Waals surface area contributed by atoms with Gasteiger partial charge >= 0.3 is 0 Å². The summed E-state index contributed by atoms with van der Waals surface area (Å²) in [5, 5.41) is 9.22. The first-order chi connectivity index (χ1) is 6.29. The summed E-state index contributed by atoms with van der Waals surface area (Å²) in [5.41, 5.74) is 1.82. The van der Waals surface area contributed by atoms with Crippen LogP contribution in [0.25, 0.3) is 11.0 Å². The van der Waals surface area contributed by atoms with E-state index in [1.807, 2.05) is 6.07 Å². The molecule has 0 saturated heterocycles. The van der Waals surface area contributed by atoms with Gasteiger partial charge in [0.05, 0.1) is 11.0 Å². The van der Waals surface area contributed by atoms with E-state index >= 15 is 0 Å². The maximum absolute atomic E-state index is 9.22. The molecule has 0 aliphatic rings. The van der Waals surface area contributed by atoms with Crippen molar-refractivity contribution in [2.75, 3.05) is 0 Å². The number of phenolic OH excluding ortho intramolecular Hbond substituents is 1. The van der Waals surface area contributed by atoms with Crippen molar-refractivity contribution in [2.45, 2.75) is 19.8 Å². The summed E-state index contributed by atoms with van der Waals surface area (Å²) in [5.74, 6) is 1.27. The van der Waals surface area contributed by atoms with E-state index in [9.17, 15) is 5.11 Å². The van der Waals surface area contributed by atoms with Crippen LogP contribution in [0.15, 0.2) is 18.2 Å². The molecule has 3 nitrogen and oxygen atoms in total. The lowest BCUT2D eigenvalue weighted by Gasteiger charge is -1.88. The minimum absolute atomic E-state index is 0.277. The zero-order chi connectivity index (χ0) is 9.26. The van der Waals surface area contributed by atoms with Gasteiger partial charge in [-0.25, -0.2) is 4.98 Å². The Balaban J connectivity index is 2.49. The third-order valence-electron chi connectivity index (χ3n) is 2.00.